The van der Waals surface area contributed by atoms with Crippen molar-refractivity contribution >= 4 is 16.9 Å². The van der Waals surface area contributed by atoms with E-state index in [0.29, 0.717) is 0 Å². The lowest BCUT2D eigenvalue weighted by Crippen LogP contribution is -2.22. The van der Waals surface area contributed by atoms with Gasteiger partial charge in [-0.2, -0.15) is 5.10 Å². The lowest BCUT2D eigenvalue weighted by molar-refractivity contribution is 0.718. The van der Waals surface area contributed by atoms with Gasteiger partial charge in [-0.1, -0.05) is 11.8 Å². The molecule has 2 heterocycles. The van der Waals surface area contributed by atoms with Crippen LogP contribution in [0.2, 0.25) is 0 Å². The molecule has 1 aliphatic heterocycles. The third-order valence-electron chi connectivity index (χ3n) is 2.15. The van der Waals surface area contributed by atoms with Crippen molar-refractivity contribution in [2.45, 2.75) is 13.0 Å². The summed E-state index contributed by atoms with van der Waals surface area (Å²) >= 11 is 1.78. The van der Waals surface area contributed by atoms with Gasteiger partial charge in [0, 0.05) is 24.6 Å². The second-order valence-electron chi connectivity index (χ2n) is 3.35. The predicted octanol–water partition coefficient (Wildman–Crippen LogP) is 1.17. The molecule has 2 rings (SSSR count). The maximum absolute atomic E-state index is 4.35. The topological polar surface area (TPSA) is 42.2 Å². The average Bonchev–Trinajstić information content (AvgIpc) is 2.75. The Balaban J connectivity index is 1.98. The second kappa shape index (κ2) is 4.04. The summed E-state index contributed by atoms with van der Waals surface area (Å²) in [5.74, 6) is 1.10. The van der Waals surface area contributed by atoms with Crippen LogP contribution in [0.3, 0.4) is 0 Å². The zero-order valence-electron chi connectivity index (χ0n) is 8.40. The standard InChI is InChI=1S/C9H14N4S/c1-7(8-5-11-13(2)6-8)12-9-10-3-4-14-9/h5-7H,3-4H2,1-2H3,(H,10,12). The van der Waals surface area contributed by atoms with Crippen molar-refractivity contribution in [3.05, 3.63) is 18.0 Å². The van der Waals surface area contributed by atoms with E-state index in [9.17, 15) is 0 Å². The molecule has 0 radical (unpaired) electrons. The first kappa shape index (κ1) is 9.58. The van der Waals surface area contributed by atoms with Crippen molar-refractivity contribution in [1.82, 2.24) is 15.1 Å². The number of amidine groups is 1. The first-order valence-corrected chi connectivity index (χ1v) is 5.66. The van der Waals surface area contributed by atoms with Gasteiger partial charge in [0.1, 0.15) is 0 Å². The highest BCUT2D eigenvalue weighted by molar-refractivity contribution is 8.14. The van der Waals surface area contributed by atoms with E-state index >= 15 is 0 Å². The fourth-order valence-electron chi connectivity index (χ4n) is 1.35. The van der Waals surface area contributed by atoms with Crippen LogP contribution in [0.4, 0.5) is 0 Å². The molecule has 76 valence electrons. The number of aliphatic imine (C=N–C) groups is 1. The monoisotopic (exact) mass is 210 g/mol. The maximum Gasteiger partial charge on any atom is 0.157 e. The minimum atomic E-state index is 0.285. The summed E-state index contributed by atoms with van der Waals surface area (Å²) in [4.78, 5) is 4.35. The number of nitrogens with one attached hydrogen (secondary N) is 1. The zero-order chi connectivity index (χ0) is 9.97. The lowest BCUT2D eigenvalue weighted by Gasteiger charge is -2.11. The highest BCUT2D eigenvalue weighted by Crippen LogP contribution is 2.15. The van der Waals surface area contributed by atoms with Gasteiger partial charge < -0.3 is 5.32 Å². The summed E-state index contributed by atoms with van der Waals surface area (Å²) in [6, 6.07) is 0.285. The summed E-state index contributed by atoms with van der Waals surface area (Å²) in [5, 5.41) is 8.57. The molecule has 1 aliphatic rings. The number of thioether (sulfide) groups is 1. The van der Waals surface area contributed by atoms with E-state index in [1.54, 1.807) is 11.8 Å². The van der Waals surface area contributed by atoms with Gasteiger partial charge in [0.15, 0.2) is 5.17 Å². The molecule has 0 saturated carbocycles. The fourth-order valence-corrected chi connectivity index (χ4v) is 2.17. The van der Waals surface area contributed by atoms with Gasteiger partial charge in [0.05, 0.1) is 18.8 Å². The third kappa shape index (κ3) is 2.09. The molecule has 4 nitrogen and oxygen atoms in total. The van der Waals surface area contributed by atoms with E-state index in [0.717, 1.165) is 17.5 Å². The second-order valence-corrected chi connectivity index (χ2v) is 4.43. The van der Waals surface area contributed by atoms with Crippen LogP contribution in [0.5, 0.6) is 0 Å². The highest BCUT2D eigenvalue weighted by atomic mass is 32.2. The molecule has 14 heavy (non-hydrogen) atoms. The van der Waals surface area contributed by atoms with E-state index in [1.807, 2.05) is 24.1 Å². The van der Waals surface area contributed by atoms with Crippen molar-refractivity contribution in [1.29, 1.82) is 0 Å². The molecule has 1 atom stereocenters. The van der Waals surface area contributed by atoms with Gasteiger partial charge in [-0.25, -0.2) is 0 Å². The van der Waals surface area contributed by atoms with Crippen LogP contribution >= 0.6 is 11.8 Å². The van der Waals surface area contributed by atoms with Crippen molar-refractivity contribution in [2.24, 2.45) is 12.0 Å². The van der Waals surface area contributed by atoms with Crippen LogP contribution in [-0.4, -0.2) is 27.2 Å². The molecule has 0 spiro atoms. The molecule has 5 heteroatoms. The summed E-state index contributed by atoms with van der Waals surface area (Å²) in [6.07, 6.45) is 3.91. The van der Waals surface area contributed by atoms with E-state index in [1.165, 1.54) is 5.56 Å². The van der Waals surface area contributed by atoms with Crippen LogP contribution in [0.1, 0.15) is 18.5 Å². The first-order chi connectivity index (χ1) is 6.75. The van der Waals surface area contributed by atoms with Gasteiger partial charge in [0.25, 0.3) is 0 Å². The van der Waals surface area contributed by atoms with E-state index < -0.39 is 0 Å². The summed E-state index contributed by atoms with van der Waals surface area (Å²) < 4.78 is 1.82. The van der Waals surface area contributed by atoms with Crippen molar-refractivity contribution in [2.75, 3.05) is 12.3 Å². The Morgan fingerprint density at radius 1 is 1.64 bits per heavy atom. The summed E-state index contributed by atoms with van der Waals surface area (Å²) in [7, 11) is 1.93. The molecule has 1 aromatic rings. The Kier molecular flexibility index (Phi) is 2.77. The van der Waals surface area contributed by atoms with Gasteiger partial charge in [-0.3, -0.25) is 9.67 Å². The van der Waals surface area contributed by atoms with Crippen LogP contribution < -0.4 is 5.32 Å². The normalized spacial score (nSPS) is 18.0. The predicted molar refractivity (Wildman–Crippen MR) is 59.5 cm³/mol. The van der Waals surface area contributed by atoms with Crippen LogP contribution in [0.15, 0.2) is 17.4 Å². The minimum Gasteiger partial charge on any atom is -0.358 e. The van der Waals surface area contributed by atoms with Crippen LogP contribution in [0, 0.1) is 0 Å². The van der Waals surface area contributed by atoms with Gasteiger partial charge in [-0.05, 0) is 6.92 Å². The van der Waals surface area contributed by atoms with Crippen molar-refractivity contribution in [3.8, 4) is 0 Å². The number of hydrogen-bond acceptors (Lipinski definition) is 4. The average molecular weight is 210 g/mol. The molecule has 0 amide bonds. The molecule has 0 bridgehead atoms. The smallest absolute Gasteiger partial charge is 0.157 e. The molecule has 1 N–H and O–H groups in total. The highest BCUT2D eigenvalue weighted by Gasteiger charge is 2.12. The van der Waals surface area contributed by atoms with E-state index in [2.05, 4.69) is 22.3 Å². The van der Waals surface area contributed by atoms with Crippen molar-refractivity contribution in [3.63, 3.8) is 0 Å². The molecule has 1 aromatic heterocycles. The van der Waals surface area contributed by atoms with E-state index in [-0.39, 0.29) is 6.04 Å². The number of aromatic nitrogens is 2. The van der Waals surface area contributed by atoms with Gasteiger partial charge >= 0.3 is 0 Å². The van der Waals surface area contributed by atoms with Gasteiger partial charge in [-0.15, -0.1) is 0 Å². The minimum absolute atomic E-state index is 0.285. The molecular formula is C9H14N4S. The number of rotatable bonds is 2. The largest absolute Gasteiger partial charge is 0.358 e. The number of nitrogens with zero attached hydrogens (tertiary/aromatic N) is 3. The van der Waals surface area contributed by atoms with Crippen molar-refractivity contribution < 1.29 is 0 Å². The number of aryl methyl sites for hydroxylation is 1. The first-order valence-electron chi connectivity index (χ1n) is 4.68. The quantitative estimate of drug-likeness (QED) is 0.797. The Labute approximate surface area is 87.8 Å². The molecule has 0 aliphatic carbocycles. The molecule has 0 saturated heterocycles. The van der Waals surface area contributed by atoms with Crippen LogP contribution in [0.25, 0.3) is 0 Å². The molecule has 0 aromatic carbocycles. The Bertz CT molecular complexity index is 344. The SMILES string of the molecule is CC(NC1=NCCS1)c1cnn(C)c1. The molecule has 0 fully saturated rings. The molecule has 1 unspecified atom stereocenters. The lowest BCUT2D eigenvalue weighted by atomic mass is 10.2. The zero-order valence-corrected chi connectivity index (χ0v) is 9.21. The Hall–Kier alpha value is -0.970. The summed E-state index contributed by atoms with van der Waals surface area (Å²) in [5.41, 5.74) is 1.20. The van der Waals surface area contributed by atoms with Gasteiger partial charge in [0.2, 0.25) is 0 Å². The maximum atomic E-state index is 4.35. The Morgan fingerprint density at radius 3 is 3.07 bits per heavy atom. The molecular weight excluding hydrogens is 196 g/mol. The Morgan fingerprint density at radius 2 is 2.50 bits per heavy atom. The van der Waals surface area contributed by atoms with Crippen LogP contribution in [-0.2, 0) is 7.05 Å². The third-order valence-corrected chi connectivity index (χ3v) is 3.06. The fraction of sp³-hybridized carbons (Fsp3) is 0.556. The number of hydrogen-bond donors (Lipinski definition) is 1. The summed E-state index contributed by atoms with van der Waals surface area (Å²) in [6.45, 7) is 3.06. The van der Waals surface area contributed by atoms with E-state index in [4.69, 9.17) is 0 Å².